The maximum absolute atomic E-state index is 12.4. The Morgan fingerprint density at radius 1 is 1.24 bits per heavy atom. The molecule has 0 aromatic heterocycles. The molecular weight excluding hydrogens is 376 g/mol. The van der Waals surface area contributed by atoms with Crippen LogP contribution >= 0.6 is 0 Å². The van der Waals surface area contributed by atoms with E-state index in [0.717, 1.165) is 17.1 Å². The summed E-state index contributed by atoms with van der Waals surface area (Å²) in [6, 6.07) is 4.63. The number of carbonyl (C=O) groups excluding carboxylic acids is 2. The van der Waals surface area contributed by atoms with E-state index in [-0.39, 0.29) is 5.91 Å². The Morgan fingerprint density at radius 3 is 2.76 bits per heavy atom. The van der Waals surface area contributed by atoms with Crippen molar-refractivity contribution in [3.8, 4) is 11.5 Å². The predicted molar refractivity (Wildman–Crippen MR) is 107 cm³/mol. The molecular formula is C19H24N6O4. The zero-order valence-corrected chi connectivity index (χ0v) is 16.8. The number of amides is 3. The minimum Gasteiger partial charge on any atom is -0.497 e. The molecule has 2 unspecified atom stereocenters. The lowest BCUT2D eigenvalue weighted by atomic mass is 10.1. The number of benzene rings is 1. The van der Waals surface area contributed by atoms with Gasteiger partial charge in [-0.15, -0.1) is 0 Å². The molecule has 1 aromatic carbocycles. The molecule has 10 nitrogen and oxygen atoms in total. The second-order valence-electron chi connectivity index (χ2n) is 7.02. The van der Waals surface area contributed by atoms with Crippen LogP contribution in [0.25, 0.3) is 0 Å². The van der Waals surface area contributed by atoms with E-state index in [1.54, 1.807) is 21.3 Å². The summed E-state index contributed by atoms with van der Waals surface area (Å²) >= 11 is 0. The minimum atomic E-state index is -0.540. The van der Waals surface area contributed by atoms with Gasteiger partial charge in [0.05, 0.1) is 19.9 Å². The molecule has 1 saturated heterocycles. The molecule has 0 spiro atoms. The first-order valence-corrected chi connectivity index (χ1v) is 9.30. The van der Waals surface area contributed by atoms with Crippen molar-refractivity contribution in [2.75, 3.05) is 39.7 Å². The van der Waals surface area contributed by atoms with Gasteiger partial charge < -0.3 is 29.5 Å². The number of aliphatic imine (C=N–C) groups is 1. The Kier molecular flexibility index (Phi) is 4.69. The van der Waals surface area contributed by atoms with Crippen LogP contribution in [0.15, 0.2) is 35.1 Å². The van der Waals surface area contributed by atoms with E-state index in [9.17, 15) is 9.59 Å². The maximum atomic E-state index is 12.4. The second-order valence-corrected chi connectivity index (χ2v) is 7.02. The number of nitrogens with one attached hydrogen (secondary N) is 2. The zero-order valence-electron chi connectivity index (χ0n) is 16.8. The molecule has 0 radical (unpaired) electrons. The number of carbonyl (C=O) groups is 2. The molecule has 2 N–H and O–H groups in total. The Hall–Kier alpha value is -3.43. The molecule has 2 atom stereocenters. The minimum absolute atomic E-state index is 0.330. The quantitative estimate of drug-likeness (QED) is 0.730. The van der Waals surface area contributed by atoms with E-state index in [4.69, 9.17) is 9.47 Å². The van der Waals surface area contributed by atoms with Crippen LogP contribution in [0, 0.1) is 0 Å². The lowest BCUT2D eigenvalue weighted by molar-refractivity contribution is -0.126. The molecule has 1 fully saturated rings. The fourth-order valence-electron chi connectivity index (χ4n) is 3.77. The molecule has 0 bridgehead atoms. The van der Waals surface area contributed by atoms with E-state index < -0.39 is 18.2 Å². The molecule has 0 aliphatic carbocycles. The van der Waals surface area contributed by atoms with Crippen molar-refractivity contribution in [2.24, 2.45) is 4.99 Å². The van der Waals surface area contributed by atoms with Crippen LogP contribution in [0.2, 0.25) is 0 Å². The summed E-state index contributed by atoms with van der Waals surface area (Å²) < 4.78 is 10.6. The number of ether oxygens (including phenoxy) is 2. The zero-order chi connectivity index (χ0) is 20.7. The normalized spacial score (nSPS) is 22.7. The smallest absolute Gasteiger partial charge is 0.325 e. The van der Waals surface area contributed by atoms with Crippen LogP contribution in [0.5, 0.6) is 11.5 Å². The van der Waals surface area contributed by atoms with E-state index in [1.165, 1.54) is 4.90 Å². The highest BCUT2D eigenvalue weighted by Crippen LogP contribution is 2.32. The van der Waals surface area contributed by atoms with Crippen molar-refractivity contribution in [1.29, 1.82) is 0 Å². The summed E-state index contributed by atoms with van der Waals surface area (Å²) in [6.07, 6.45) is 1.38. The first kappa shape index (κ1) is 18.9. The molecule has 29 heavy (non-hydrogen) atoms. The number of hydrogen-bond donors (Lipinski definition) is 2. The van der Waals surface area contributed by atoms with Gasteiger partial charge in [-0.3, -0.25) is 10.1 Å². The van der Waals surface area contributed by atoms with Gasteiger partial charge in [0.25, 0.3) is 5.91 Å². The number of fused-ring (bicyclic) bond motifs is 3. The van der Waals surface area contributed by atoms with Crippen molar-refractivity contribution in [3.05, 3.63) is 30.1 Å². The SMILES string of the molecule is COc1ccc(NCCN2C(C)=CN3C2=NC2C3C(=O)NC(=O)N2C)c(OC)c1. The van der Waals surface area contributed by atoms with Gasteiger partial charge in [0.15, 0.2) is 12.2 Å². The van der Waals surface area contributed by atoms with Crippen LogP contribution in [-0.2, 0) is 4.79 Å². The number of rotatable bonds is 6. The molecule has 3 aliphatic heterocycles. The second kappa shape index (κ2) is 7.19. The summed E-state index contributed by atoms with van der Waals surface area (Å²) in [7, 11) is 4.87. The third-order valence-corrected chi connectivity index (χ3v) is 5.33. The Morgan fingerprint density at radius 2 is 2.03 bits per heavy atom. The third-order valence-electron chi connectivity index (χ3n) is 5.33. The predicted octanol–water partition coefficient (Wildman–Crippen LogP) is 0.841. The van der Waals surface area contributed by atoms with Gasteiger partial charge in [-0.05, 0) is 19.1 Å². The molecule has 1 aromatic rings. The average Bonchev–Trinajstić information content (AvgIpc) is 3.22. The van der Waals surface area contributed by atoms with Crippen LogP contribution < -0.4 is 20.1 Å². The summed E-state index contributed by atoms with van der Waals surface area (Å²) in [6.45, 7) is 3.22. The van der Waals surface area contributed by atoms with Crippen molar-refractivity contribution in [1.82, 2.24) is 20.0 Å². The Bertz CT molecular complexity index is 914. The first-order chi connectivity index (χ1) is 13.9. The number of hydrogen-bond acceptors (Lipinski definition) is 8. The van der Waals surface area contributed by atoms with E-state index in [0.29, 0.717) is 24.8 Å². The summed E-state index contributed by atoms with van der Waals surface area (Å²) in [5.74, 6) is 1.77. The number of imide groups is 1. The van der Waals surface area contributed by atoms with Crippen molar-refractivity contribution >= 4 is 23.6 Å². The van der Waals surface area contributed by atoms with Gasteiger partial charge in [0.1, 0.15) is 11.5 Å². The Labute approximate surface area is 168 Å². The highest BCUT2D eigenvalue weighted by molar-refractivity contribution is 6.04. The van der Waals surface area contributed by atoms with Crippen LogP contribution in [0.3, 0.4) is 0 Å². The first-order valence-electron chi connectivity index (χ1n) is 9.30. The largest absolute Gasteiger partial charge is 0.497 e. The van der Waals surface area contributed by atoms with Crippen molar-refractivity contribution in [3.63, 3.8) is 0 Å². The van der Waals surface area contributed by atoms with Gasteiger partial charge in [-0.1, -0.05) is 0 Å². The summed E-state index contributed by atoms with van der Waals surface area (Å²) in [5.41, 5.74) is 1.84. The fraction of sp³-hybridized carbons (Fsp3) is 0.421. The number of guanidine groups is 1. The standard InChI is InChI=1S/C19H24N6O4/c1-11-10-25-15-16(23(2)19(27)22-17(15)26)21-18(25)24(11)8-7-20-13-6-5-12(28-3)9-14(13)29-4/h5-6,9-10,15-16,20H,7-8H2,1-4H3,(H,22,26,27). The van der Waals surface area contributed by atoms with Crippen LogP contribution in [0.4, 0.5) is 10.5 Å². The monoisotopic (exact) mass is 400 g/mol. The van der Waals surface area contributed by atoms with Gasteiger partial charge in [-0.25, -0.2) is 9.79 Å². The van der Waals surface area contributed by atoms with Crippen molar-refractivity contribution in [2.45, 2.75) is 19.1 Å². The van der Waals surface area contributed by atoms with E-state index in [1.807, 2.05) is 41.1 Å². The molecule has 3 heterocycles. The number of likely N-dealkylation sites (N-methyl/N-ethyl adjacent to an activating group) is 1. The van der Waals surface area contributed by atoms with Gasteiger partial charge in [-0.2, -0.15) is 0 Å². The highest BCUT2D eigenvalue weighted by Gasteiger charge is 2.51. The highest BCUT2D eigenvalue weighted by atomic mass is 16.5. The number of methoxy groups -OCH3 is 2. The van der Waals surface area contributed by atoms with E-state index in [2.05, 4.69) is 15.6 Å². The van der Waals surface area contributed by atoms with Crippen LogP contribution in [0.1, 0.15) is 6.92 Å². The maximum Gasteiger partial charge on any atom is 0.325 e. The molecule has 3 amide bonds. The topological polar surface area (TPSA) is 98.7 Å². The number of urea groups is 1. The number of allylic oxidation sites excluding steroid dienone is 1. The summed E-state index contributed by atoms with van der Waals surface area (Å²) in [4.78, 5) is 34.2. The molecule has 3 aliphatic rings. The van der Waals surface area contributed by atoms with Gasteiger partial charge in [0, 0.05) is 38.1 Å². The van der Waals surface area contributed by atoms with E-state index >= 15 is 0 Å². The van der Waals surface area contributed by atoms with Gasteiger partial charge in [0.2, 0.25) is 5.96 Å². The molecule has 0 saturated carbocycles. The molecule has 4 rings (SSSR count). The number of anilines is 1. The lowest BCUT2D eigenvalue weighted by Crippen LogP contribution is -2.62. The Balaban J connectivity index is 1.46. The molecule has 10 heteroatoms. The third kappa shape index (κ3) is 3.10. The average molecular weight is 400 g/mol. The molecule has 154 valence electrons. The van der Waals surface area contributed by atoms with Gasteiger partial charge >= 0.3 is 6.03 Å². The number of nitrogens with zero attached hydrogens (tertiary/aromatic N) is 4. The fourth-order valence-corrected chi connectivity index (χ4v) is 3.77. The van der Waals surface area contributed by atoms with Crippen molar-refractivity contribution < 1.29 is 19.1 Å². The van der Waals surface area contributed by atoms with Crippen LogP contribution in [-0.4, -0.2) is 79.2 Å². The summed E-state index contributed by atoms with van der Waals surface area (Å²) in [5, 5.41) is 5.74. The lowest BCUT2D eigenvalue weighted by Gasteiger charge is -2.34.